The summed E-state index contributed by atoms with van der Waals surface area (Å²) in [7, 11) is 0. The first-order valence-electron chi connectivity index (χ1n) is 7.09. The lowest BCUT2D eigenvalue weighted by Crippen LogP contribution is -2.25. The van der Waals surface area contributed by atoms with Crippen molar-refractivity contribution in [3.63, 3.8) is 0 Å². The Kier molecular flexibility index (Phi) is 5.24. The van der Waals surface area contributed by atoms with Crippen LogP contribution in [0.25, 0.3) is 0 Å². The van der Waals surface area contributed by atoms with E-state index in [1.165, 1.54) is 11.6 Å². The standard InChI is InChI=1S/C17H21FN2/c1-3-8-19-17(16-10-13(2)7-9-20-16)12-14-5-4-6-15(18)11-14/h4-7,9-11,17,19H,3,8,12H2,1-2H3. The van der Waals surface area contributed by atoms with E-state index in [-0.39, 0.29) is 11.9 Å². The van der Waals surface area contributed by atoms with E-state index >= 15 is 0 Å². The second-order valence-electron chi connectivity index (χ2n) is 5.10. The lowest BCUT2D eigenvalue weighted by Gasteiger charge is -2.18. The third-order valence-corrected chi connectivity index (χ3v) is 3.26. The Morgan fingerprint density at radius 3 is 2.80 bits per heavy atom. The molecule has 0 spiro atoms. The molecule has 1 aromatic heterocycles. The number of aryl methyl sites for hydroxylation is 1. The second-order valence-corrected chi connectivity index (χ2v) is 5.10. The largest absolute Gasteiger partial charge is 0.308 e. The number of hydrogen-bond acceptors (Lipinski definition) is 2. The zero-order chi connectivity index (χ0) is 14.4. The minimum absolute atomic E-state index is 0.122. The van der Waals surface area contributed by atoms with E-state index in [0.717, 1.165) is 30.6 Å². The third kappa shape index (κ3) is 4.14. The van der Waals surface area contributed by atoms with E-state index in [4.69, 9.17) is 0 Å². The van der Waals surface area contributed by atoms with Crippen LogP contribution in [0.15, 0.2) is 42.6 Å². The summed E-state index contributed by atoms with van der Waals surface area (Å²) in [4.78, 5) is 4.46. The van der Waals surface area contributed by atoms with Crippen LogP contribution in [-0.4, -0.2) is 11.5 Å². The van der Waals surface area contributed by atoms with Gasteiger partial charge in [0.1, 0.15) is 5.82 Å². The molecule has 20 heavy (non-hydrogen) atoms. The van der Waals surface area contributed by atoms with Crippen molar-refractivity contribution in [1.29, 1.82) is 0 Å². The van der Waals surface area contributed by atoms with E-state index in [9.17, 15) is 4.39 Å². The molecule has 1 unspecified atom stereocenters. The summed E-state index contributed by atoms with van der Waals surface area (Å²) < 4.78 is 13.3. The zero-order valence-electron chi connectivity index (χ0n) is 12.1. The number of nitrogens with zero attached hydrogens (tertiary/aromatic N) is 1. The molecule has 0 saturated carbocycles. The van der Waals surface area contributed by atoms with Gasteiger partial charge in [0, 0.05) is 6.20 Å². The van der Waals surface area contributed by atoms with Gasteiger partial charge in [-0.2, -0.15) is 0 Å². The Balaban J connectivity index is 2.19. The van der Waals surface area contributed by atoms with Crippen molar-refractivity contribution in [2.75, 3.05) is 6.54 Å². The monoisotopic (exact) mass is 272 g/mol. The summed E-state index contributed by atoms with van der Waals surface area (Å²) in [5.41, 5.74) is 3.20. The minimum Gasteiger partial charge on any atom is -0.308 e. The molecule has 1 N–H and O–H groups in total. The molecule has 1 heterocycles. The van der Waals surface area contributed by atoms with E-state index in [0.29, 0.717) is 0 Å². The molecule has 0 fully saturated rings. The SMILES string of the molecule is CCCNC(Cc1cccc(F)c1)c1cc(C)ccn1. The molecule has 0 aliphatic rings. The van der Waals surface area contributed by atoms with Gasteiger partial charge in [0.05, 0.1) is 11.7 Å². The van der Waals surface area contributed by atoms with E-state index in [2.05, 4.69) is 30.2 Å². The summed E-state index contributed by atoms with van der Waals surface area (Å²) in [5, 5.41) is 3.50. The fraction of sp³-hybridized carbons (Fsp3) is 0.353. The first-order chi connectivity index (χ1) is 9.69. The van der Waals surface area contributed by atoms with Crippen molar-refractivity contribution in [2.24, 2.45) is 0 Å². The smallest absolute Gasteiger partial charge is 0.123 e. The van der Waals surface area contributed by atoms with Crippen molar-refractivity contribution in [3.8, 4) is 0 Å². The van der Waals surface area contributed by atoms with Gasteiger partial charge in [0.2, 0.25) is 0 Å². The van der Waals surface area contributed by atoms with Crippen molar-refractivity contribution >= 4 is 0 Å². The highest BCUT2D eigenvalue weighted by molar-refractivity contribution is 5.22. The van der Waals surface area contributed by atoms with Gasteiger partial charge < -0.3 is 5.32 Å². The topological polar surface area (TPSA) is 24.9 Å². The van der Waals surface area contributed by atoms with Gasteiger partial charge in [-0.15, -0.1) is 0 Å². The van der Waals surface area contributed by atoms with Crippen LogP contribution in [0, 0.1) is 12.7 Å². The number of benzene rings is 1. The summed E-state index contributed by atoms with van der Waals surface area (Å²) in [6, 6.07) is 11.0. The molecule has 0 saturated heterocycles. The molecule has 0 bridgehead atoms. The zero-order valence-corrected chi connectivity index (χ0v) is 12.1. The molecule has 2 nitrogen and oxygen atoms in total. The third-order valence-electron chi connectivity index (χ3n) is 3.26. The van der Waals surface area contributed by atoms with E-state index in [1.807, 2.05) is 18.3 Å². The predicted molar refractivity (Wildman–Crippen MR) is 80.1 cm³/mol. The maximum atomic E-state index is 13.3. The molecule has 2 rings (SSSR count). The fourth-order valence-electron chi connectivity index (χ4n) is 2.25. The molecular weight excluding hydrogens is 251 g/mol. The normalized spacial score (nSPS) is 12.3. The van der Waals surface area contributed by atoms with Crippen molar-refractivity contribution < 1.29 is 4.39 Å². The molecule has 0 radical (unpaired) electrons. The minimum atomic E-state index is -0.186. The van der Waals surface area contributed by atoms with Crippen LogP contribution in [0.3, 0.4) is 0 Å². The summed E-state index contributed by atoms with van der Waals surface area (Å²) in [6.45, 7) is 5.12. The summed E-state index contributed by atoms with van der Waals surface area (Å²) >= 11 is 0. The highest BCUT2D eigenvalue weighted by Crippen LogP contribution is 2.18. The van der Waals surface area contributed by atoms with Crippen LogP contribution in [0.4, 0.5) is 4.39 Å². The highest BCUT2D eigenvalue weighted by atomic mass is 19.1. The van der Waals surface area contributed by atoms with Crippen molar-refractivity contribution in [3.05, 3.63) is 65.2 Å². The van der Waals surface area contributed by atoms with E-state index < -0.39 is 0 Å². The van der Waals surface area contributed by atoms with Crippen LogP contribution in [-0.2, 0) is 6.42 Å². The predicted octanol–water partition coefficient (Wildman–Crippen LogP) is 3.81. The first kappa shape index (κ1) is 14.7. The Bertz CT molecular complexity index is 554. The molecule has 0 amide bonds. The van der Waals surface area contributed by atoms with E-state index in [1.54, 1.807) is 12.1 Å². The lowest BCUT2D eigenvalue weighted by atomic mass is 10.0. The summed E-state index contributed by atoms with van der Waals surface area (Å²) in [5.74, 6) is -0.186. The first-order valence-corrected chi connectivity index (χ1v) is 7.09. The second kappa shape index (κ2) is 7.15. The van der Waals surface area contributed by atoms with Gasteiger partial charge in [-0.05, 0) is 61.7 Å². The molecule has 0 aliphatic heterocycles. The molecule has 3 heteroatoms. The van der Waals surface area contributed by atoms with Crippen molar-refractivity contribution in [1.82, 2.24) is 10.3 Å². The Labute approximate surface area is 120 Å². The molecule has 0 aliphatic carbocycles. The molecule has 1 atom stereocenters. The van der Waals surface area contributed by atoms with Gasteiger partial charge in [-0.3, -0.25) is 4.98 Å². The Hall–Kier alpha value is -1.74. The molecule has 106 valence electrons. The van der Waals surface area contributed by atoms with Gasteiger partial charge >= 0.3 is 0 Å². The van der Waals surface area contributed by atoms with Crippen LogP contribution < -0.4 is 5.32 Å². The molecule has 1 aromatic carbocycles. The van der Waals surface area contributed by atoms with Gasteiger partial charge in [-0.1, -0.05) is 19.1 Å². The van der Waals surface area contributed by atoms with Crippen LogP contribution in [0.2, 0.25) is 0 Å². The number of nitrogens with one attached hydrogen (secondary N) is 1. The van der Waals surface area contributed by atoms with Crippen molar-refractivity contribution in [2.45, 2.75) is 32.7 Å². The van der Waals surface area contributed by atoms with Gasteiger partial charge in [0.25, 0.3) is 0 Å². The van der Waals surface area contributed by atoms with Crippen LogP contribution in [0.1, 0.15) is 36.2 Å². The quantitative estimate of drug-likeness (QED) is 0.865. The van der Waals surface area contributed by atoms with Crippen LogP contribution >= 0.6 is 0 Å². The maximum absolute atomic E-state index is 13.3. The highest BCUT2D eigenvalue weighted by Gasteiger charge is 2.13. The van der Waals surface area contributed by atoms with Gasteiger partial charge in [-0.25, -0.2) is 4.39 Å². The van der Waals surface area contributed by atoms with Crippen LogP contribution in [0.5, 0.6) is 0 Å². The Morgan fingerprint density at radius 2 is 2.10 bits per heavy atom. The summed E-state index contributed by atoms with van der Waals surface area (Å²) in [6.07, 6.45) is 3.64. The Morgan fingerprint density at radius 1 is 1.25 bits per heavy atom. The average molecular weight is 272 g/mol. The lowest BCUT2D eigenvalue weighted by molar-refractivity contribution is 0.516. The maximum Gasteiger partial charge on any atom is 0.123 e. The number of aromatic nitrogens is 1. The molecule has 2 aromatic rings. The number of hydrogen-bond donors (Lipinski definition) is 1. The number of halogens is 1. The number of rotatable bonds is 6. The number of pyridine rings is 1. The van der Waals surface area contributed by atoms with Gasteiger partial charge in [0.15, 0.2) is 0 Å². The average Bonchev–Trinajstić information content (AvgIpc) is 2.43. The fourth-order valence-corrected chi connectivity index (χ4v) is 2.25. The molecular formula is C17H21FN2.